The average molecular weight is 217 g/mol. The summed E-state index contributed by atoms with van der Waals surface area (Å²) in [7, 11) is 2.11. The van der Waals surface area contributed by atoms with Crippen molar-refractivity contribution >= 4 is 11.5 Å². The van der Waals surface area contributed by atoms with Gasteiger partial charge in [0.25, 0.3) is 0 Å². The van der Waals surface area contributed by atoms with Crippen molar-refractivity contribution in [2.75, 3.05) is 11.9 Å². The number of hydrogen-bond donors (Lipinski definition) is 2. The molecule has 86 valence electrons. The Labute approximate surface area is 96.8 Å². The predicted molar refractivity (Wildman–Crippen MR) is 68.1 cm³/mol. The second-order valence-corrected chi connectivity index (χ2v) is 4.48. The number of nitrogens with one attached hydrogen (secondary N) is 1. The highest BCUT2D eigenvalue weighted by Crippen LogP contribution is 2.28. The van der Waals surface area contributed by atoms with E-state index in [1.807, 2.05) is 18.2 Å². The quantitative estimate of drug-likeness (QED) is 0.603. The van der Waals surface area contributed by atoms with Gasteiger partial charge in [0.05, 0.1) is 0 Å². The van der Waals surface area contributed by atoms with E-state index in [0.29, 0.717) is 6.04 Å². The fourth-order valence-electron chi connectivity index (χ4n) is 2.50. The van der Waals surface area contributed by atoms with E-state index < -0.39 is 0 Å². The van der Waals surface area contributed by atoms with Crippen LogP contribution in [-0.2, 0) is 0 Å². The first-order chi connectivity index (χ1) is 7.70. The number of nitrogens with two attached hydrogens (primary N) is 1. The lowest BCUT2D eigenvalue weighted by molar-refractivity contribution is 0.653. The van der Waals surface area contributed by atoms with Gasteiger partial charge in [-0.1, -0.05) is 25.0 Å². The molecule has 0 unspecified atom stereocenters. The van der Waals surface area contributed by atoms with Gasteiger partial charge in [-0.25, -0.2) is 0 Å². The molecule has 0 heterocycles. The molecular weight excluding hydrogens is 198 g/mol. The van der Waals surface area contributed by atoms with Gasteiger partial charge in [-0.3, -0.25) is 5.41 Å². The Balaban J connectivity index is 2.27. The summed E-state index contributed by atoms with van der Waals surface area (Å²) < 4.78 is 0. The third-order valence-corrected chi connectivity index (χ3v) is 3.45. The molecule has 0 atom stereocenters. The van der Waals surface area contributed by atoms with Gasteiger partial charge in [0.2, 0.25) is 0 Å². The van der Waals surface area contributed by atoms with Crippen LogP contribution in [0.4, 0.5) is 5.69 Å². The van der Waals surface area contributed by atoms with Crippen LogP contribution in [0.1, 0.15) is 31.2 Å². The Kier molecular flexibility index (Phi) is 3.13. The molecule has 0 amide bonds. The fourth-order valence-corrected chi connectivity index (χ4v) is 2.50. The first-order valence-corrected chi connectivity index (χ1v) is 5.86. The maximum Gasteiger partial charge on any atom is 0.124 e. The Morgan fingerprint density at radius 2 is 1.94 bits per heavy atom. The molecular formula is C13H19N3. The number of rotatable bonds is 3. The van der Waals surface area contributed by atoms with Crippen LogP contribution in [0.15, 0.2) is 24.3 Å². The molecule has 2 rings (SSSR count). The summed E-state index contributed by atoms with van der Waals surface area (Å²) in [6.45, 7) is 0. The first-order valence-electron chi connectivity index (χ1n) is 5.86. The molecule has 0 aliphatic heterocycles. The number of anilines is 1. The summed E-state index contributed by atoms with van der Waals surface area (Å²) in [4.78, 5) is 2.28. The van der Waals surface area contributed by atoms with Gasteiger partial charge in [-0.15, -0.1) is 0 Å². The molecule has 0 radical (unpaired) electrons. The molecule has 1 aliphatic rings. The first kappa shape index (κ1) is 11.0. The number of amidine groups is 1. The minimum Gasteiger partial charge on any atom is -0.384 e. The van der Waals surface area contributed by atoms with E-state index in [-0.39, 0.29) is 5.84 Å². The molecule has 1 aromatic rings. The Bertz CT molecular complexity index is 381. The van der Waals surface area contributed by atoms with Crippen LogP contribution in [-0.4, -0.2) is 18.9 Å². The smallest absolute Gasteiger partial charge is 0.124 e. The third-order valence-electron chi connectivity index (χ3n) is 3.45. The molecule has 1 saturated carbocycles. The number of nitrogens with zero attached hydrogens (tertiary/aromatic N) is 1. The van der Waals surface area contributed by atoms with E-state index in [1.165, 1.54) is 25.7 Å². The van der Waals surface area contributed by atoms with Crippen LogP contribution in [0.3, 0.4) is 0 Å². The van der Waals surface area contributed by atoms with E-state index in [9.17, 15) is 0 Å². The number of para-hydroxylation sites is 1. The molecule has 1 aliphatic carbocycles. The van der Waals surface area contributed by atoms with Crippen molar-refractivity contribution in [3.63, 3.8) is 0 Å². The fraction of sp³-hybridized carbons (Fsp3) is 0.462. The van der Waals surface area contributed by atoms with Gasteiger partial charge in [0, 0.05) is 24.3 Å². The predicted octanol–water partition coefficient (Wildman–Crippen LogP) is 2.35. The summed E-state index contributed by atoms with van der Waals surface area (Å²) in [5.41, 5.74) is 7.54. The molecule has 0 aromatic heterocycles. The van der Waals surface area contributed by atoms with Crippen molar-refractivity contribution in [1.29, 1.82) is 5.41 Å². The normalized spacial score (nSPS) is 16.3. The van der Waals surface area contributed by atoms with Crippen molar-refractivity contribution in [2.45, 2.75) is 31.7 Å². The summed E-state index contributed by atoms with van der Waals surface area (Å²) in [6, 6.07) is 8.52. The maximum atomic E-state index is 7.59. The van der Waals surface area contributed by atoms with Crippen molar-refractivity contribution in [3.05, 3.63) is 29.8 Å². The zero-order valence-electron chi connectivity index (χ0n) is 9.74. The van der Waals surface area contributed by atoms with Crippen molar-refractivity contribution < 1.29 is 0 Å². The second-order valence-electron chi connectivity index (χ2n) is 4.48. The van der Waals surface area contributed by atoms with Crippen molar-refractivity contribution in [2.24, 2.45) is 5.73 Å². The molecule has 1 fully saturated rings. The molecule has 0 bridgehead atoms. The van der Waals surface area contributed by atoms with Crippen LogP contribution in [0.2, 0.25) is 0 Å². The van der Waals surface area contributed by atoms with E-state index in [4.69, 9.17) is 11.1 Å². The van der Waals surface area contributed by atoms with Gasteiger partial charge in [-0.2, -0.15) is 0 Å². The lowest BCUT2D eigenvalue weighted by Crippen LogP contribution is -2.31. The van der Waals surface area contributed by atoms with Crippen LogP contribution < -0.4 is 10.6 Å². The van der Waals surface area contributed by atoms with Gasteiger partial charge in [0.1, 0.15) is 5.84 Å². The number of hydrogen-bond acceptors (Lipinski definition) is 2. The molecule has 3 heteroatoms. The van der Waals surface area contributed by atoms with Gasteiger partial charge >= 0.3 is 0 Å². The summed E-state index contributed by atoms with van der Waals surface area (Å²) in [5.74, 6) is 0.153. The lowest BCUT2D eigenvalue weighted by atomic mass is 10.1. The summed E-state index contributed by atoms with van der Waals surface area (Å²) in [5, 5.41) is 7.59. The molecule has 0 spiro atoms. The molecule has 1 aromatic carbocycles. The van der Waals surface area contributed by atoms with E-state index in [2.05, 4.69) is 18.0 Å². The SMILES string of the molecule is CN(c1ccccc1C(=N)N)C1CCCC1. The Morgan fingerprint density at radius 3 is 2.56 bits per heavy atom. The van der Waals surface area contributed by atoms with Crippen LogP contribution in [0, 0.1) is 5.41 Å². The van der Waals surface area contributed by atoms with Crippen LogP contribution in [0.5, 0.6) is 0 Å². The van der Waals surface area contributed by atoms with Gasteiger partial charge < -0.3 is 10.6 Å². The number of benzene rings is 1. The monoisotopic (exact) mass is 217 g/mol. The maximum absolute atomic E-state index is 7.59. The number of nitrogen functional groups attached to an aromatic ring is 1. The lowest BCUT2D eigenvalue weighted by Gasteiger charge is -2.28. The largest absolute Gasteiger partial charge is 0.384 e. The van der Waals surface area contributed by atoms with Gasteiger partial charge in [0.15, 0.2) is 0 Å². The zero-order valence-corrected chi connectivity index (χ0v) is 9.74. The van der Waals surface area contributed by atoms with Crippen LogP contribution in [0.25, 0.3) is 0 Å². The minimum absolute atomic E-state index is 0.153. The molecule has 16 heavy (non-hydrogen) atoms. The van der Waals surface area contributed by atoms with Gasteiger partial charge in [-0.05, 0) is 25.0 Å². The highest BCUT2D eigenvalue weighted by atomic mass is 15.1. The minimum atomic E-state index is 0.153. The van der Waals surface area contributed by atoms with E-state index in [1.54, 1.807) is 0 Å². The molecule has 0 saturated heterocycles. The highest BCUT2D eigenvalue weighted by Gasteiger charge is 2.21. The van der Waals surface area contributed by atoms with E-state index >= 15 is 0 Å². The highest BCUT2D eigenvalue weighted by molar-refractivity contribution is 6.00. The standard InChI is InChI=1S/C13H19N3/c1-16(10-6-2-3-7-10)12-9-5-4-8-11(12)13(14)15/h4-5,8-10H,2-3,6-7H2,1H3,(H3,14,15). The molecule has 3 nitrogen and oxygen atoms in total. The summed E-state index contributed by atoms with van der Waals surface area (Å²) in [6.07, 6.45) is 5.14. The summed E-state index contributed by atoms with van der Waals surface area (Å²) >= 11 is 0. The average Bonchev–Trinajstić information content (AvgIpc) is 2.81. The van der Waals surface area contributed by atoms with Crippen LogP contribution >= 0.6 is 0 Å². The third kappa shape index (κ3) is 2.03. The molecule has 3 N–H and O–H groups in total. The van der Waals surface area contributed by atoms with E-state index in [0.717, 1.165) is 11.3 Å². The Hall–Kier alpha value is -1.51. The van der Waals surface area contributed by atoms with Crippen molar-refractivity contribution in [3.8, 4) is 0 Å². The van der Waals surface area contributed by atoms with Crippen molar-refractivity contribution in [1.82, 2.24) is 0 Å². The Morgan fingerprint density at radius 1 is 1.31 bits per heavy atom. The second kappa shape index (κ2) is 4.56. The zero-order chi connectivity index (χ0) is 11.5. The topological polar surface area (TPSA) is 53.1 Å².